The fourth-order valence-corrected chi connectivity index (χ4v) is 2.83. The Balaban J connectivity index is 2.20. The Bertz CT molecular complexity index is 513. The minimum Gasteiger partial charge on any atom is -0.469 e. The summed E-state index contributed by atoms with van der Waals surface area (Å²) in [5.74, 6) is 0.965. The minimum atomic E-state index is 0.173. The molecule has 1 aromatic carbocycles. The molecule has 0 amide bonds. The average Bonchev–Trinajstić information content (AvgIpc) is 2.88. The highest BCUT2D eigenvalue weighted by Crippen LogP contribution is 2.28. The predicted octanol–water partition coefficient (Wildman–Crippen LogP) is 4.98. The van der Waals surface area contributed by atoms with Crippen molar-refractivity contribution >= 4 is 27.5 Å². The van der Waals surface area contributed by atoms with Crippen LogP contribution in [-0.4, -0.2) is 6.54 Å². The second kappa shape index (κ2) is 7.13. The first-order valence-electron chi connectivity index (χ1n) is 6.41. The van der Waals surface area contributed by atoms with Crippen molar-refractivity contribution in [1.82, 2.24) is 5.32 Å². The van der Waals surface area contributed by atoms with Gasteiger partial charge in [0, 0.05) is 22.0 Å². The van der Waals surface area contributed by atoms with E-state index in [1.807, 2.05) is 24.3 Å². The van der Waals surface area contributed by atoms with Crippen molar-refractivity contribution in [2.45, 2.75) is 25.8 Å². The van der Waals surface area contributed by atoms with Gasteiger partial charge in [0.25, 0.3) is 0 Å². The van der Waals surface area contributed by atoms with E-state index in [9.17, 15) is 0 Å². The molecule has 102 valence electrons. The third-order valence-electron chi connectivity index (χ3n) is 2.96. The number of hydrogen-bond donors (Lipinski definition) is 1. The van der Waals surface area contributed by atoms with Crippen molar-refractivity contribution in [3.05, 3.63) is 57.4 Å². The molecular weight excluding hydrogens is 326 g/mol. The van der Waals surface area contributed by atoms with E-state index in [-0.39, 0.29) is 6.04 Å². The van der Waals surface area contributed by atoms with Crippen LogP contribution in [0.4, 0.5) is 0 Å². The van der Waals surface area contributed by atoms with Gasteiger partial charge < -0.3 is 9.73 Å². The van der Waals surface area contributed by atoms with E-state index in [0.29, 0.717) is 0 Å². The standard InChI is InChI=1S/C15H17BrClNO/c1-2-7-18-15(10-12-4-3-8-19-12)13-6-5-11(16)9-14(13)17/h3-6,8-9,15,18H,2,7,10H2,1H3. The monoisotopic (exact) mass is 341 g/mol. The van der Waals surface area contributed by atoms with E-state index in [4.69, 9.17) is 16.0 Å². The molecule has 0 saturated heterocycles. The van der Waals surface area contributed by atoms with Crippen LogP contribution in [0.1, 0.15) is 30.7 Å². The molecule has 1 heterocycles. The van der Waals surface area contributed by atoms with Crippen LogP contribution in [0.2, 0.25) is 5.02 Å². The molecule has 0 spiro atoms. The number of nitrogens with one attached hydrogen (secondary N) is 1. The normalized spacial score (nSPS) is 12.6. The summed E-state index contributed by atoms with van der Waals surface area (Å²) in [5, 5.41) is 4.30. The quantitative estimate of drug-likeness (QED) is 0.801. The van der Waals surface area contributed by atoms with E-state index in [0.717, 1.165) is 40.2 Å². The van der Waals surface area contributed by atoms with Crippen molar-refractivity contribution in [2.24, 2.45) is 0 Å². The molecule has 0 bridgehead atoms. The molecule has 1 unspecified atom stereocenters. The smallest absolute Gasteiger partial charge is 0.105 e. The molecule has 2 aromatic rings. The van der Waals surface area contributed by atoms with Crippen LogP contribution in [0.25, 0.3) is 0 Å². The topological polar surface area (TPSA) is 25.2 Å². The third-order valence-corrected chi connectivity index (χ3v) is 3.78. The van der Waals surface area contributed by atoms with Crippen molar-refractivity contribution in [2.75, 3.05) is 6.54 Å². The van der Waals surface area contributed by atoms with Gasteiger partial charge in [-0.15, -0.1) is 0 Å². The van der Waals surface area contributed by atoms with Crippen LogP contribution in [0.5, 0.6) is 0 Å². The van der Waals surface area contributed by atoms with Crippen molar-refractivity contribution in [3.63, 3.8) is 0 Å². The fraction of sp³-hybridized carbons (Fsp3) is 0.333. The maximum atomic E-state index is 6.34. The van der Waals surface area contributed by atoms with Gasteiger partial charge in [-0.3, -0.25) is 0 Å². The lowest BCUT2D eigenvalue weighted by molar-refractivity contribution is 0.449. The Morgan fingerprint density at radius 2 is 2.21 bits per heavy atom. The van der Waals surface area contributed by atoms with Crippen molar-refractivity contribution in [3.8, 4) is 0 Å². The van der Waals surface area contributed by atoms with Crippen molar-refractivity contribution in [1.29, 1.82) is 0 Å². The van der Waals surface area contributed by atoms with Crippen LogP contribution < -0.4 is 5.32 Å². The molecule has 2 rings (SSSR count). The van der Waals surface area contributed by atoms with Gasteiger partial charge in [-0.1, -0.05) is 40.5 Å². The van der Waals surface area contributed by atoms with Gasteiger partial charge in [-0.2, -0.15) is 0 Å². The fourth-order valence-electron chi connectivity index (χ4n) is 2.02. The van der Waals surface area contributed by atoms with Crippen LogP contribution in [-0.2, 0) is 6.42 Å². The van der Waals surface area contributed by atoms with Crippen LogP contribution in [0.3, 0.4) is 0 Å². The maximum absolute atomic E-state index is 6.34. The summed E-state index contributed by atoms with van der Waals surface area (Å²) < 4.78 is 6.43. The first-order valence-corrected chi connectivity index (χ1v) is 7.58. The molecule has 0 fully saturated rings. The first-order chi connectivity index (χ1) is 9.20. The summed E-state index contributed by atoms with van der Waals surface area (Å²) in [6, 6.07) is 10.1. The number of benzene rings is 1. The lowest BCUT2D eigenvalue weighted by atomic mass is 10.0. The molecule has 1 atom stereocenters. The first kappa shape index (κ1) is 14.6. The number of furan rings is 1. The zero-order valence-electron chi connectivity index (χ0n) is 10.8. The summed E-state index contributed by atoms with van der Waals surface area (Å²) in [6.07, 6.45) is 3.59. The lowest BCUT2D eigenvalue weighted by Crippen LogP contribution is -2.24. The Kier molecular flexibility index (Phi) is 5.49. The molecule has 0 aliphatic carbocycles. The highest BCUT2D eigenvalue weighted by molar-refractivity contribution is 9.10. The summed E-state index contributed by atoms with van der Waals surface area (Å²) in [4.78, 5) is 0. The van der Waals surface area contributed by atoms with Gasteiger partial charge >= 0.3 is 0 Å². The molecule has 1 aromatic heterocycles. The minimum absolute atomic E-state index is 0.173. The summed E-state index contributed by atoms with van der Waals surface area (Å²) in [6.45, 7) is 3.11. The molecular formula is C15H17BrClNO. The summed E-state index contributed by atoms with van der Waals surface area (Å²) >= 11 is 9.78. The van der Waals surface area contributed by atoms with Gasteiger partial charge in [0.15, 0.2) is 0 Å². The highest BCUT2D eigenvalue weighted by atomic mass is 79.9. The summed E-state index contributed by atoms with van der Waals surface area (Å²) in [7, 11) is 0. The van der Waals surface area contributed by atoms with Gasteiger partial charge in [-0.25, -0.2) is 0 Å². The Morgan fingerprint density at radius 1 is 1.37 bits per heavy atom. The average molecular weight is 343 g/mol. The zero-order valence-corrected chi connectivity index (χ0v) is 13.2. The predicted molar refractivity (Wildman–Crippen MR) is 82.6 cm³/mol. The van der Waals surface area contributed by atoms with Crippen LogP contribution >= 0.6 is 27.5 Å². The molecule has 19 heavy (non-hydrogen) atoms. The second-order valence-corrected chi connectivity index (χ2v) is 5.78. The number of hydrogen-bond acceptors (Lipinski definition) is 2. The second-order valence-electron chi connectivity index (χ2n) is 4.46. The Labute approximate surface area is 127 Å². The Hall–Kier alpha value is -0.770. The molecule has 1 N–H and O–H groups in total. The summed E-state index contributed by atoms with van der Waals surface area (Å²) in [5.41, 5.74) is 1.11. The maximum Gasteiger partial charge on any atom is 0.105 e. The zero-order chi connectivity index (χ0) is 13.7. The van der Waals surface area contributed by atoms with E-state index in [1.54, 1.807) is 6.26 Å². The van der Waals surface area contributed by atoms with Gasteiger partial charge in [0.05, 0.1) is 6.26 Å². The van der Waals surface area contributed by atoms with Crippen molar-refractivity contribution < 1.29 is 4.42 Å². The number of halogens is 2. The molecule has 0 aliphatic heterocycles. The highest BCUT2D eigenvalue weighted by Gasteiger charge is 2.16. The van der Waals surface area contributed by atoms with Gasteiger partial charge in [0.2, 0.25) is 0 Å². The lowest BCUT2D eigenvalue weighted by Gasteiger charge is -2.19. The Morgan fingerprint density at radius 3 is 2.84 bits per heavy atom. The van der Waals surface area contributed by atoms with Gasteiger partial charge in [0.1, 0.15) is 5.76 Å². The molecule has 0 aliphatic rings. The van der Waals surface area contributed by atoms with E-state index in [2.05, 4.69) is 34.2 Å². The molecule has 0 radical (unpaired) electrons. The van der Waals surface area contributed by atoms with Crippen LogP contribution in [0, 0.1) is 0 Å². The third kappa shape index (κ3) is 4.10. The van der Waals surface area contributed by atoms with Crippen LogP contribution in [0.15, 0.2) is 45.5 Å². The van der Waals surface area contributed by atoms with E-state index < -0.39 is 0 Å². The largest absolute Gasteiger partial charge is 0.469 e. The molecule has 2 nitrogen and oxygen atoms in total. The van der Waals surface area contributed by atoms with E-state index in [1.165, 1.54) is 0 Å². The molecule has 4 heteroatoms. The van der Waals surface area contributed by atoms with Gasteiger partial charge in [-0.05, 0) is 42.8 Å². The SMILES string of the molecule is CCCNC(Cc1ccco1)c1ccc(Br)cc1Cl. The van der Waals surface area contributed by atoms with E-state index >= 15 is 0 Å². The number of rotatable bonds is 6. The molecule has 0 saturated carbocycles.